The Kier molecular flexibility index (Phi) is 4.89. The number of aromatic nitrogens is 1. The average molecular weight is 330 g/mol. The fourth-order valence-electron chi connectivity index (χ4n) is 2.32. The number of hydrogen-bond acceptors (Lipinski definition) is 5. The monoisotopic (exact) mass is 330 g/mol. The Morgan fingerprint density at radius 3 is 2.46 bits per heavy atom. The van der Waals surface area contributed by atoms with Gasteiger partial charge < -0.3 is 15.6 Å². The Balaban J connectivity index is 2.46. The molecule has 24 heavy (non-hydrogen) atoms. The van der Waals surface area contributed by atoms with E-state index in [1.165, 1.54) is 0 Å². The summed E-state index contributed by atoms with van der Waals surface area (Å²) < 4.78 is 5.40. The molecule has 0 aliphatic heterocycles. The number of carbonyl (C=O) groups is 2. The maximum absolute atomic E-state index is 12.6. The van der Waals surface area contributed by atoms with Gasteiger partial charge in [-0.05, 0) is 39.3 Å². The number of esters is 1. The third-order valence-corrected chi connectivity index (χ3v) is 3.55. The van der Waals surface area contributed by atoms with E-state index in [0.29, 0.717) is 11.2 Å². The van der Waals surface area contributed by atoms with E-state index in [2.05, 4.69) is 4.98 Å². The van der Waals surface area contributed by atoms with Crippen LogP contribution in [0.15, 0.2) is 36.4 Å². The Labute approximate surface area is 140 Å². The van der Waals surface area contributed by atoms with E-state index in [-0.39, 0.29) is 12.8 Å². The van der Waals surface area contributed by atoms with E-state index >= 15 is 0 Å². The second-order valence-corrected chi connectivity index (χ2v) is 6.76. The van der Waals surface area contributed by atoms with Crippen molar-refractivity contribution in [1.29, 1.82) is 0 Å². The molecule has 1 unspecified atom stereocenters. The lowest BCUT2D eigenvalue weighted by molar-refractivity contribution is -0.163. The first kappa shape index (κ1) is 17.9. The van der Waals surface area contributed by atoms with Crippen molar-refractivity contribution >= 4 is 22.8 Å². The van der Waals surface area contributed by atoms with Gasteiger partial charge in [-0.25, -0.2) is 4.79 Å². The van der Waals surface area contributed by atoms with Gasteiger partial charge in [-0.2, -0.15) is 0 Å². The van der Waals surface area contributed by atoms with Crippen molar-refractivity contribution in [3.05, 3.63) is 42.1 Å². The predicted octanol–water partition coefficient (Wildman–Crippen LogP) is 2.60. The van der Waals surface area contributed by atoms with Gasteiger partial charge in [0.15, 0.2) is 5.54 Å². The quantitative estimate of drug-likeness (QED) is 0.817. The van der Waals surface area contributed by atoms with E-state index in [1.807, 2.05) is 30.3 Å². The topological polar surface area (TPSA) is 103 Å². The molecule has 0 aliphatic carbocycles. The van der Waals surface area contributed by atoms with Crippen LogP contribution in [0.25, 0.3) is 10.9 Å². The van der Waals surface area contributed by atoms with Crippen molar-refractivity contribution in [1.82, 2.24) is 4.98 Å². The van der Waals surface area contributed by atoms with Crippen LogP contribution in [0.5, 0.6) is 0 Å². The van der Waals surface area contributed by atoms with Crippen molar-refractivity contribution < 1.29 is 19.4 Å². The Morgan fingerprint density at radius 2 is 1.83 bits per heavy atom. The third-order valence-electron chi connectivity index (χ3n) is 3.55. The number of pyridine rings is 1. The van der Waals surface area contributed by atoms with Gasteiger partial charge in [-0.3, -0.25) is 9.78 Å². The molecule has 1 heterocycles. The number of benzene rings is 1. The number of aliphatic carboxylic acids is 1. The highest BCUT2D eigenvalue weighted by Gasteiger charge is 2.41. The molecule has 1 atom stereocenters. The highest BCUT2D eigenvalue weighted by molar-refractivity contribution is 5.85. The fraction of sp³-hybridized carbons (Fsp3) is 0.389. The molecule has 6 heteroatoms. The summed E-state index contributed by atoms with van der Waals surface area (Å²) in [6.07, 6.45) is -0.354. The molecule has 0 radical (unpaired) electrons. The number of nitrogens with zero attached hydrogens (tertiary/aromatic N) is 1. The molecular formula is C18H22N2O4. The van der Waals surface area contributed by atoms with Gasteiger partial charge in [0.25, 0.3) is 0 Å². The first-order valence-corrected chi connectivity index (χ1v) is 7.72. The standard InChI is InChI=1S/C18H22N2O4/c1-17(2,3)24-16(23)18(19,11-10-15(21)22)14-9-8-12-6-4-5-7-13(12)20-14/h4-9H,10-11,19H2,1-3H3,(H,21,22). The molecule has 0 fully saturated rings. The van der Waals surface area contributed by atoms with Gasteiger partial charge in [0.1, 0.15) is 5.60 Å². The van der Waals surface area contributed by atoms with Crippen molar-refractivity contribution in [2.75, 3.05) is 0 Å². The number of carbonyl (C=O) groups excluding carboxylic acids is 1. The molecule has 6 nitrogen and oxygen atoms in total. The zero-order valence-corrected chi connectivity index (χ0v) is 14.1. The van der Waals surface area contributed by atoms with Crippen molar-refractivity contribution in [3.8, 4) is 0 Å². The molecule has 0 saturated heterocycles. The van der Waals surface area contributed by atoms with E-state index in [9.17, 15) is 9.59 Å². The van der Waals surface area contributed by atoms with Gasteiger partial charge in [0, 0.05) is 11.8 Å². The fourth-order valence-corrected chi connectivity index (χ4v) is 2.32. The highest BCUT2D eigenvalue weighted by atomic mass is 16.6. The maximum Gasteiger partial charge on any atom is 0.332 e. The molecule has 2 aromatic rings. The largest absolute Gasteiger partial charge is 0.481 e. The predicted molar refractivity (Wildman–Crippen MR) is 90.3 cm³/mol. The lowest BCUT2D eigenvalue weighted by Gasteiger charge is -2.30. The second-order valence-electron chi connectivity index (χ2n) is 6.76. The SMILES string of the molecule is CC(C)(C)OC(=O)C(N)(CCC(=O)O)c1ccc2ccccc2n1. The first-order chi connectivity index (χ1) is 11.1. The lowest BCUT2D eigenvalue weighted by Crippen LogP contribution is -2.49. The van der Waals surface area contributed by atoms with Crippen LogP contribution in [0.1, 0.15) is 39.3 Å². The summed E-state index contributed by atoms with van der Waals surface area (Å²) >= 11 is 0. The van der Waals surface area contributed by atoms with Crippen LogP contribution in [-0.4, -0.2) is 27.6 Å². The van der Waals surface area contributed by atoms with Crippen LogP contribution < -0.4 is 5.73 Å². The van der Waals surface area contributed by atoms with Crippen LogP contribution in [0.4, 0.5) is 0 Å². The minimum Gasteiger partial charge on any atom is -0.481 e. The van der Waals surface area contributed by atoms with E-state index < -0.39 is 23.1 Å². The van der Waals surface area contributed by atoms with E-state index in [0.717, 1.165) is 5.39 Å². The molecule has 128 valence electrons. The Bertz CT molecular complexity index is 767. The van der Waals surface area contributed by atoms with Gasteiger partial charge in [0.2, 0.25) is 0 Å². The minimum atomic E-state index is -1.62. The lowest BCUT2D eigenvalue weighted by atomic mass is 9.89. The summed E-state index contributed by atoms with van der Waals surface area (Å²) in [7, 11) is 0. The molecule has 0 spiro atoms. The Morgan fingerprint density at radius 1 is 1.17 bits per heavy atom. The normalized spacial score (nSPS) is 14.2. The molecule has 0 bridgehead atoms. The highest BCUT2D eigenvalue weighted by Crippen LogP contribution is 2.28. The van der Waals surface area contributed by atoms with Crippen LogP contribution in [-0.2, 0) is 19.9 Å². The molecule has 1 aromatic heterocycles. The average Bonchev–Trinajstić information content (AvgIpc) is 2.50. The summed E-state index contributed by atoms with van der Waals surface area (Å²) in [6.45, 7) is 5.20. The van der Waals surface area contributed by atoms with Gasteiger partial charge in [-0.15, -0.1) is 0 Å². The second kappa shape index (κ2) is 6.57. The summed E-state index contributed by atoms with van der Waals surface area (Å²) in [5, 5.41) is 9.89. The van der Waals surface area contributed by atoms with Crippen LogP contribution >= 0.6 is 0 Å². The van der Waals surface area contributed by atoms with Gasteiger partial charge >= 0.3 is 11.9 Å². The summed E-state index contributed by atoms with van der Waals surface area (Å²) in [5.41, 5.74) is 4.95. The number of hydrogen-bond donors (Lipinski definition) is 2. The molecule has 0 aliphatic rings. The van der Waals surface area contributed by atoms with Crippen molar-refractivity contribution in [2.45, 2.75) is 44.8 Å². The minimum absolute atomic E-state index is 0.0947. The maximum atomic E-state index is 12.6. The zero-order chi connectivity index (χ0) is 18.0. The van der Waals surface area contributed by atoms with Crippen LogP contribution in [0.2, 0.25) is 0 Å². The number of fused-ring (bicyclic) bond motifs is 1. The molecule has 2 rings (SSSR count). The van der Waals surface area contributed by atoms with Crippen molar-refractivity contribution in [2.24, 2.45) is 5.73 Å². The first-order valence-electron chi connectivity index (χ1n) is 7.72. The van der Waals surface area contributed by atoms with E-state index in [4.69, 9.17) is 15.6 Å². The Hall–Kier alpha value is -2.47. The molecular weight excluding hydrogens is 308 g/mol. The molecule has 1 aromatic carbocycles. The molecule has 0 amide bonds. The van der Waals surface area contributed by atoms with Crippen LogP contribution in [0.3, 0.4) is 0 Å². The van der Waals surface area contributed by atoms with Crippen molar-refractivity contribution in [3.63, 3.8) is 0 Å². The number of ether oxygens (including phenoxy) is 1. The number of rotatable bonds is 5. The smallest absolute Gasteiger partial charge is 0.332 e. The van der Waals surface area contributed by atoms with Gasteiger partial charge in [0.05, 0.1) is 11.2 Å². The third kappa shape index (κ3) is 4.08. The number of para-hydroxylation sites is 1. The number of carboxylic acids is 1. The molecule has 3 N–H and O–H groups in total. The summed E-state index contributed by atoms with van der Waals surface area (Å²) in [5.74, 6) is -1.71. The van der Waals surface area contributed by atoms with Crippen LogP contribution in [0, 0.1) is 0 Å². The van der Waals surface area contributed by atoms with Gasteiger partial charge in [-0.1, -0.05) is 24.3 Å². The number of nitrogens with two attached hydrogens (primary N) is 1. The summed E-state index contributed by atoms with van der Waals surface area (Å²) in [6, 6.07) is 10.9. The van der Waals surface area contributed by atoms with E-state index in [1.54, 1.807) is 26.8 Å². The number of carboxylic acid groups (broad SMARTS) is 1. The molecule has 0 saturated carbocycles. The summed E-state index contributed by atoms with van der Waals surface area (Å²) in [4.78, 5) is 28.1. The zero-order valence-electron chi connectivity index (χ0n) is 14.1.